The molecule has 1 aliphatic heterocycles. The number of nitrogens with one attached hydrogen (secondary N) is 1. The number of amides is 1. The highest BCUT2D eigenvalue weighted by molar-refractivity contribution is 5.46. The third kappa shape index (κ3) is 6.12. The second-order valence-corrected chi connectivity index (χ2v) is 8.11. The molecule has 2 fully saturated rings. The summed E-state index contributed by atoms with van der Waals surface area (Å²) in [6.45, 7) is 4.47. The average molecular weight is 400 g/mol. The molecule has 1 unspecified atom stereocenters. The zero-order valence-electron chi connectivity index (χ0n) is 16.9. The smallest absolute Gasteiger partial charge is 0.395 e. The van der Waals surface area contributed by atoms with Crippen molar-refractivity contribution in [3.05, 3.63) is 29.8 Å². The number of hydrogen-bond donors (Lipinski definition) is 1. The molecule has 1 amide bonds. The molecule has 1 saturated carbocycles. The van der Waals surface area contributed by atoms with Gasteiger partial charge in [-0.1, -0.05) is 12.1 Å². The number of alkyl halides is 3. The number of rotatable bonds is 5. The Morgan fingerprint density at radius 2 is 1.96 bits per heavy atom. The summed E-state index contributed by atoms with van der Waals surface area (Å²) in [5.41, 5.74) is 0.872. The monoisotopic (exact) mass is 400 g/mol. The normalized spacial score (nSPS) is 19.8. The molecule has 158 valence electrons. The molecular formula is C21H31F3N2O2. The van der Waals surface area contributed by atoms with Crippen molar-refractivity contribution in [2.24, 2.45) is 11.3 Å². The first-order valence-electron chi connectivity index (χ1n) is 9.76. The van der Waals surface area contributed by atoms with Crippen LogP contribution in [0, 0.1) is 11.3 Å². The quantitative estimate of drug-likeness (QED) is 0.753. The molecule has 7 heteroatoms. The van der Waals surface area contributed by atoms with Crippen molar-refractivity contribution in [2.75, 3.05) is 33.8 Å². The molecule has 28 heavy (non-hydrogen) atoms. The van der Waals surface area contributed by atoms with Crippen molar-refractivity contribution in [1.29, 1.82) is 0 Å². The van der Waals surface area contributed by atoms with Gasteiger partial charge in [0, 0.05) is 13.6 Å². The molecule has 1 aromatic rings. The summed E-state index contributed by atoms with van der Waals surface area (Å²) >= 11 is 0. The van der Waals surface area contributed by atoms with Crippen LogP contribution in [-0.2, 0) is 4.79 Å². The second kappa shape index (κ2) is 9.63. The minimum absolute atomic E-state index is 0.219. The van der Waals surface area contributed by atoms with Gasteiger partial charge in [-0.3, -0.25) is 4.79 Å². The number of benzene rings is 1. The van der Waals surface area contributed by atoms with Crippen LogP contribution in [0.15, 0.2) is 24.3 Å². The number of ether oxygens (including phenoxy) is 1. The highest BCUT2D eigenvalue weighted by Gasteiger charge is 2.44. The molecule has 4 nitrogen and oxygen atoms in total. The Bertz CT molecular complexity index is 622. The van der Waals surface area contributed by atoms with Gasteiger partial charge < -0.3 is 15.0 Å². The second-order valence-electron chi connectivity index (χ2n) is 8.11. The number of piperidine rings is 1. The summed E-state index contributed by atoms with van der Waals surface area (Å²) in [6, 6.07) is 6.02. The summed E-state index contributed by atoms with van der Waals surface area (Å²) in [6.07, 6.45) is 2.10. The Labute approximate surface area is 165 Å². The van der Waals surface area contributed by atoms with E-state index in [4.69, 9.17) is 4.74 Å². The number of hydrogen-bond acceptors (Lipinski definition) is 3. The van der Waals surface area contributed by atoms with Crippen LogP contribution in [0.25, 0.3) is 0 Å². The number of carbonyl (C=O) groups excluding carboxylic acids is 1. The van der Waals surface area contributed by atoms with Gasteiger partial charge in [-0.05, 0) is 74.7 Å². The molecule has 1 atom stereocenters. The molecule has 1 aromatic carbocycles. The minimum atomic E-state index is -4.20. The van der Waals surface area contributed by atoms with Gasteiger partial charge >= 0.3 is 6.18 Å². The van der Waals surface area contributed by atoms with Crippen LogP contribution in [0.5, 0.6) is 5.75 Å². The Hall–Kier alpha value is -1.76. The first-order chi connectivity index (χ1) is 13.2. The van der Waals surface area contributed by atoms with E-state index >= 15 is 0 Å². The molecule has 3 rings (SSSR count). The van der Waals surface area contributed by atoms with Gasteiger partial charge in [-0.2, -0.15) is 13.2 Å². The maximum absolute atomic E-state index is 12.3. The molecule has 1 heterocycles. The van der Waals surface area contributed by atoms with Crippen molar-refractivity contribution in [3.8, 4) is 5.75 Å². The molecular weight excluding hydrogens is 369 g/mol. The lowest BCUT2D eigenvalue weighted by Crippen LogP contribution is -2.48. The van der Waals surface area contributed by atoms with Gasteiger partial charge in [-0.25, -0.2) is 0 Å². The van der Waals surface area contributed by atoms with E-state index in [1.54, 1.807) is 17.0 Å². The third-order valence-corrected chi connectivity index (χ3v) is 5.92. The van der Waals surface area contributed by atoms with Crippen LogP contribution >= 0.6 is 0 Å². The largest absolute Gasteiger partial charge is 0.497 e. The van der Waals surface area contributed by atoms with Gasteiger partial charge in [0.25, 0.3) is 0 Å². The first-order valence-corrected chi connectivity index (χ1v) is 9.76. The Kier molecular flexibility index (Phi) is 7.75. The van der Waals surface area contributed by atoms with Crippen molar-refractivity contribution in [2.45, 2.75) is 44.7 Å². The standard InChI is InChI=1S/C11H20N2O.C10H11F3O/c1-13(9-14)8-10-6-11(7-10)2-4-12-5-3-11;1-7(10(11,12)13)8-4-3-5-9(6-8)14-2/h9-10,12H,2-8H2,1H3;3-7H,1-2H3. The number of halogens is 3. The Morgan fingerprint density at radius 3 is 2.50 bits per heavy atom. The van der Waals surface area contributed by atoms with Crippen LogP contribution < -0.4 is 10.1 Å². The molecule has 0 aromatic heterocycles. The Balaban J connectivity index is 0.000000200. The zero-order valence-corrected chi connectivity index (χ0v) is 16.9. The lowest BCUT2D eigenvalue weighted by Gasteiger charge is -2.51. The van der Waals surface area contributed by atoms with E-state index in [0.717, 1.165) is 25.8 Å². The molecule has 1 saturated heterocycles. The summed E-state index contributed by atoms with van der Waals surface area (Å²) in [7, 11) is 3.30. The molecule has 2 aliphatic rings. The van der Waals surface area contributed by atoms with E-state index in [2.05, 4.69) is 5.32 Å². The molecule has 1 spiro atoms. The van der Waals surface area contributed by atoms with Gasteiger partial charge in [0.1, 0.15) is 5.75 Å². The zero-order chi connectivity index (χ0) is 20.8. The summed E-state index contributed by atoms with van der Waals surface area (Å²) in [5, 5.41) is 3.41. The van der Waals surface area contributed by atoms with E-state index in [0.29, 0.717) is 11.2 Å². The fraction of sp³-hybridized carbons (Fsp3) is 0.667. The van der Waals surface area contributed by atoms with Crippen LogP contribution in [0.4, 0.5) is 13.2 Å². The van der Waals surface area contributed by atoms with Crippen LogP contribution in [0.1, 0.15) is 44.1 Å². The minimum Gasteiger partial charge on any atom is -0.497 e. The van der Waals surface area contributed by atoms with Crippen molar-refractivity contribution in [3.63, 3.8) is 0 Å². The highest BCUT2D eigenvalue weighted by Crippen LogP contribution is 2.51. The Morgan fingerprint density at radius 1 is 1.32 bits per heavy atom. The predicted octanol–water partition coefficient (Wildman–Crippen LogP) is 4.22. The molecule has 0 radical (unpaired) electrons. The maximum Gasteiger partial charge on any atom is 0.395 e. The molecule has 1 aliphatic carbocycles. The number of carbonyl (C=O) groups is 1. The van der Waals surface area contributed by atoms with E-state index in [9.17, 15) is 18.0 Å². The number of methoxy groups -OCH3 is 1. The summed E-state index contributed by atoms with van der Waals surface area (Å²) in [4.78, 5) is 12.2. The van der Waals surface area contributed by atoms with E-state index in [-0.39, 0.29) is 5.56 Å². The van der Waals surface area contributed by atoms with Gasteiger partial charge in [0.15, 0.2) is 0 Å². The van der Waals surface area contributed by atoms with Crippen LogP contribution in [0.3, 0.4) is 0 Å². The first kappa shape index (κ1) is 22.5. The lowest BCUT2D eigenvalue weighted by molar-refractivity contribution is -0.146. The van der Waals surface area contributed by atoms with Crippen molar-refractivity contribution >= 4 is 6.41 Å². The summed E-state index contributed by atoms with van der Waals surface area (Å²) in [5.74, 6) is -0.250. The van der Waals surface area contributed by atoms with Crippen molar-refractivity contribution in [1.82, 2.24) is 10.2 Å². The van der Waals surface area contributed by atoms with Gasteiger partial charge in [0.2, 0.25) is 6.41 Å². The maximum atomic E-state index is 12.3. The SMILES string of the molecule is CN(C=O)CC1CC2(CCNCC2)C1.COc1cccc(C(C)C(F)(F)F)c1. The lowest BCUT2D eigenvalue weighted by atomic mass is 9.57. The van der Waals surface area contributed by atoms with Crippen LogP contribution in [0.2, 0.25) is 0 Å². The fourth-order valence-electron chi connectivity index (χ4n) is 4.21. The van der Waals surface area contributed by atoms with Crippen LogP contribution in [-0.4, -0.2) is 51.3 Å². The topological polar surface area (TPSA) is 41.6 Å². The van der Waals surface area contributed by atoms with E-state index in [1.165, 1.54) is 58.0 Å². The van der Waals surface area contributed by atoms with E-state index < -0.39 is 12.1 Å². The van der Waals surface area contributed by atoms with Crippen molar-refractivity contribution < 1.29 is 22.7 Å². The van der Waals surface area contributed by atoms with Gasteiger partial charge in [0.05, 0.1) is 13.0 Å². The third-order valence-electron chi connectivity index (χ3n) is 5.92. The highest BCUT2D eigenvalue weighted by atomic mass is 19.4. The predicted molar refractivity (Wildman–Crippen MR) is 103 cm³/mol. The van der Waals surface area contributed by atoms with E-state index in [1.807, 2.05) is 7.05 Å². The fourth-order valence-corrected chi connectivity index (χ4v) is 4.21. The summed E-state index contributed by atoms with van der Waals surface area (Å²) < 4.78 is 41.8. The van der Waals surface area contributed by atoms with Gasteiger partial charge in [-0.15, -0.1) is 0 Å². The number of nitrogens with zero attached hydrogens (tertiary/aromatic N) is 1. The molecule has 1 N–H and O–H groups in total. The average Bonchev–Trinajstić information content (AvgIpc) is 2.66. The molecule has 0 bridgehead atoms.